The van der Waals surface area contributed by atoms with E-state index in [2.05, 4.69) is 35.1 Å². The number of hydrogen-bond donors (Lipinski definition) is 4. The highest BCUT2D eigenvalue weighted by Crippen LogP contribution is 2.64. The lowest BCUT2D eigenvalue weighted by Gasteiger charge is -2.60. The Morgan fingerprint density at radius 2 is 1.79 bits per heavy atom. The van der Waals surface area contributed by atoms with Crippen molar-refractivity contribution < 1.29 is 9.59 Å². The van der Waals surface area contributed by atoms with Crippen LogP contribution in [0.1, 0.15) is 72.1 Å². The molecule has 3 aliphatic carbocycles. The topological polar surface area (TPSA) is 82.3 Å². The van der Waals surface area contributed by atoms with Gasteiger partial charge in [0.2, 0.25) is 11.8 Å². The molecule has 0 aromatic heterocycles. The number of carbonyl (C=O) groups is 2. The van der Waals surface area contributed by atoms with Gasteiger partial charge in [0, 0.05) is 6.04 Å². The monoisotopic (exact) mass is 404 g/mol. The van der Waals surface area contributed by atoms with Gasteiger partial charge in [0.15, 0.2) is 0 Å². The molecule has 4 aliphatic rings. The molecule has 4 fully saturated rings. The van der Waals surface area contributed by atoms with Crippen molar-refractivity contribution in [3.8, 4) is 0 Å². The molecule has 6 heteroatoms. The summed E-state index contributed by atoms with van der Waals surface area (Å²) in [5.41, 5.74) is 0.541. The maximum Gasteiger partial charge on any atom is 0.235 e. The van der Waals surface area contributed by atoms with Crippen molar-refractivity contribution in [3.63, 3.8) is 0 Å². The van der Waals surface area contributed by atoms with Gasteiger partial charge in [0.05, 0.1) is 0 Å². The van der Waals surface area contributed by atoms with Gasteiger partial charge >= 0.3 is 0 Å². The third-order valence-electron chi connectivity index (χ3n) is 9.62. The zero-order valence-electron chi connectivity index (χ0n) is 18.9. The van der Waals surface area contributed by atoms with Gasteiger partial charge in [-0.15, -0.1) is 0 Å². The molecule has 0 bridgehead atoms. The predicted octanol–water partition coefficient (Wildman–Crippen LogP) is 2.35. The van der Waals surface area contributed by atoms with E-state index < -0.39 is 11.7 Å². The van der Waals surface area contributed by atoms with Gasteiger partial charge in [-0.05, 0) is 94.5 Å². The van der Waals surface area contributed by atoms with Crippen molar-refractivity contribution in [3.05, 3.63) is 0 Å². The smallest absolute Gasteiger partial charge is 0.235 e. The molecule has 2 amide bonds. The molecular formula is C23H40N4O2. The Kier molecular flexibility index (Phi) is 5.26. The largest absolute Gasteiger partial charge is 0.352 e. The van der Waals surface area contributed by atoms with Crippen LogP contribution in [-0.4, -0.2) is 37.7 Å². The van der Waals surface area contributed by atoms with E-state index in [9.17, 15) is 9.59 Å². The van der Waals surface area contributed by atoms with Gasteiger partial charge < -0.3 is 10.6 Å². The summed E-state index contributed by atoms with van der Waals surface area (Å²) in [6.07, 6.45) is 9.66. The van der Waals surface area contributed by atoms with Gasteiger partial charge in [0.25, 0.3) is 0 Å². The Bertz CT molecular complexity index is 678. The molecule has 1 aliphatic heterocycles. The first-order valence-electron chi connectivity index (χ1n) is 11.7. The van der Waals surface area contributed by atoms with Crippen LogP contribution in [0.25, 0.3) is 0 Å². The van der Waals surface area contributed by atoms with Crippen molar-refractivity contribution in [2.45, 2.75) is 84.0 Å². The minimum Gasteiger partial charge on any atom is -0.352 e. The lowest BCUT2D eigenvalue weighted by Crippen LogP contribution is -2.68. The summed E-state index contributed by atoms with van der Waals surface area (Å²) < 4.78 is 0. The van der Waals surface area contributed by atoms with Crippen LogP contribution in [0.4, 0.5) is 0 Å². The Morgan fingerprint density at radius 3 is 2.48 bits per heavy atom. The highest BCUT2D eigenvalue weighted by atomic mass is 16.2. The average Bonchev–Trinajstić information content (AvgIpc) is 3.09. The van der Waals surface area contributed by atoms with Crippen LogP contribution < -0.4 is 21.3 Å². The fourth-order valence-corrected chi connectivity index (χ4v) is 7.58. The zero-order valence-corrected chi connectivity index (χ0v) is 18.9. The number of fused-ring (bicyclic) bond motifs is 5. The highest BCUT2D eigenvalue weighted by Gasteiger charge is 2.60. The fourth-order valence-electron chi connectivity index (χ4n) is 7.58. The van der Waals surface area contributed by atoms with Gasteiger partial charge in [0.1, 0.15) is 11.7 Å². The molecule has 0 radical (unpaired) electrons. The van der Waals surface area contributed by atoms with Crippen LogP contribution in [0.15, 0.2) is 0 Å². The van der Waals surface area contributed by atoms with E-state index in [0.29, 0.717) is 17.8 Å². The molecule has 0 aromatic carbocycles. The van der Waals surface area contributed by atoms with Crippen LogP contribution in [0.5, 0.6) is 0 Å². The van der Waals surface area contributed by atoms with Crippen LogP contribution >= 0.6 is 0 Å². The van der Waals surface area contributed by atoms with E-state index in [1.807, 2.05) is 6.92 Å². The highest BCUT2D eigenvalue weighted by molar-refractivity contribution is 6.01. The van der Waals surface area contributed by atoms with Crippen molar-refractivity contribution in [2.24, 2.45) is 34.5 Å². The summed E-state index contributed by atoms with van der Waals surface area (Å²) in [5.74, 6) is 0.593. The summed E-state index contributed by atoms with van der Waals surface area (Å²) in [6, 6.07) is 0.214. The second-order valence-electron chi connectivity index (χ2n) is 11.0. The third-order valence-corrected chi connectivity index (χ3v) is 9.62. The van der Waals surface area contributed by atoms with Gasteiger partial charge in [-0.1, -0.05) is 20.3 Å². The second-order valence-corrected chi connectivity index (χ2v) is 11.0. The fraction of sp³-hybridized carbons (Fsp3) is 0.913. The van der Waals surface area contributed by atoms with E-state index in [0.717, 1.165) is 18.3 Å². The van der Waals surface area contributed by atoms with Crippen molar-refractivity contribution in [1.29, 1.82) is 0 Å². The summed E-state index contributed by atoms with van der Waals surface area (Å²) in [6.45, 7) is 6.75. The molecule has 6 nitrogen and oxygen atoms in total. The molecule has 2 unspecified atom stereocenters. The minimum atomic E-state index is -0.722. The summed E-state index contributed by atoms with van der Waals surface area (Å²) in [5, 5.41) is 12.4. The van der Waals surface area contributed by atoms with Gasteiger partial charge in [-0.25, -0.2) is 0 Å². The average molecular weight is 405 g/mol. The molecule has 0 spiro atoms. The van der Waals surface area contributed by atoms with E-state index in [4.69, 9.17) is 0 Å². The molecule has 3 saturated carbocycles. The molecule has 4 rings (SSSR count). The number of rotatable bonds is 4. The Balaban J connectivity index is 1.56. The Hall–Kier alpha value is -1.14. The van der Waals surface area contributed by atoms with Crippen LogP contribution in [-0.2, 0) is 9.59 Å². The molecule has 4 N–H and O–H groups in total. The first-order chi connectivity index (χ1) is 13.7. The van der Waals surface area contributed by atoms with Gasteiger partial charge in [-0.3, -0.25) is 20.2 Å². The van der Waals surface area contributed by atoms with E-state index in [-0.39, 0.29) is 23.3 Å². The SMILES string of the molecule is CNC(C)(NC)NC(=O)C1C[C@@]2(C)C(CC[C@@H]3[C@H]2CC[C@]2(C)CCC[C@@H]32)NC1=O. The third kappa shape index (κ3) is 3.31. The van der Waals surface area contributed by atoms with E-state index in [1.165, 1.54) is 38.5 Å². The predicted molar refractivity (Wildman–Crippen MR) is 114 cm³/mol. The number of hydrogen-bond acceptors (Lipinski definition) is 4. The van der Waals surface area contributed by atoms with E-state index >= 15 is 0 Å². The lowest BCUT2D eigenvalue weighted by atomic mass is 9.47. The first kappa shape index (κ1) is 21.1. The van der Waals surface area contributed by atoms with Crippen molar-refractivity contribution in [2.75, 3.05) is 14.1 Å². The van der Waals surface area contributed by atoms with Crippen LogP contribution in [0, 0.1) is 34.5 Å². The van der Waals surface area contributed by atoms with Gasteiger partial charge in [-0.2, -0.15) is 0 Å². The standard InChI is InChI=1S/C23H40N4O2/c1-21-11-6-7-16(21)14-8-9-18-22(2,17(14)10-12-21)13-15(19(28)26-18)20(29)27-23(3,24-4)25-5/h14-18,24-25H,6-13H2,1-5H3,(H,26,28)(H,27,29)/t14-,15?,16-,17+,18?,21-,22+/m0/s1. The summed E-state index contributed by atoms with van der Waals surface area (Å²) in [4.78, 5) is 26.0. The summed E-state index contributed by atoms with van der Waals surface area (Å²) in [7, 11) is 3.59. The van der Waals surface area contributed by atoms with Crippen LogP contribution in [0.3, 0.4) is 0 Å². The molecule has 164 valence electrons. The quantitative estimate of drug-likeness (QED) is 0.428. The molecular weight excluding hydrogens is 364 g/mol. The molecule has 1 heterocycles. The van der Waals surface area contributed by atoms with Crippen molar-refractivity contribution >= 4 is 11.8 Å². The minimum absolute atomic E-state index is 0.0123. The second kappa shape index (κ2) is 7.23. The van der Waals surface area contributed by atoms with E-state index in [1.54, 1.807) is 14.1 Å². The maximum atomic E-state index is 13.1. The van der Waals surface area contributed by atoms with Crippen molar-refractivity contribution in [1.82, 2.24) is 21.3 Å². The Labute approximate surface area is 175 Å². The molecule has 29 heavy (non-hydrogen) atoms. The molecule has 1 saturated heterocycles. The number of carbonyl (C=O) groups excluding carboxylic acids is 2. The zero-order chi connectivity index (χ0) is 21.0. The first-order valence-corrected chi connectivity index (χ1v) is 11.7. The Morgan fingerprint density at radius 1 is 1.07 bits per heavy atom. The normalized spacial score (nSPS) is 44.3. The number of nitrogens with one attached hydrogen (secondary N) is 4. The maximum absolute atomic E-state index is 13.1. The molecule has 7 atom stereocenters. The molecule has 0 aromatic rings. The summed E-state index contributed by atoms with van der Waals surface area (Å²) >= 11 is 0. The van der Waals surface area contributed by atoms with Crippen LogP contribution in [0.2, 0.25) is 0 Å². The lowest BCUT2D eigenvalue weighted by molar-refractivity contribution is -0.151. The number of piperidine rings is 1. The number of amides is 2.